The first-order valence-electron chi connectivity index (χ1n) is 10.7. The van der Waals surface area contributed by atoms with Crippen LogP contribution in [0.4, 0.5) is 23.4 Å². The molecule has 2 aliphatic heterocycles. The summed E-state index contributed by atoms with van der Waals surface area (Å²) in [7, 11) is 0. The summed E-state index contributed by atoms with van der Waals surface area (Å²) in [6.45, 7) is 0.313. The zero-order valence-corrected chi connectivity index (χ0v) is 19.4. The zero-order chi connectivity index (χ0) is 24.6. The Morgan fingerprint density at radius 2 is 2.03 bits per heavy atom. The normalized spacial score (nSPS) is 19.6. The maximum absolute atomic E-state index is 15.2. The molecular weight excluding hydrogens is 534 g/mol. The Morgan fingerprint density at radius 1 is 1.23 bits per heavy atom. The van der Waals surface area contributed by atoms with Gasteiger partial charge in [-0.1, -0.05) is 6.07 Å². The third-order valence-electron chi connectivity index (χ3n) is 6.53. The van der Waals surface area contributed by atoms with Crippen molar-refractivity contribution in [3.05, 3.63) is 63.8 Å². The van der Waals surface area contributed by atoms with Crippen LogP contribution in [0.2, 0.25) is 0 Å². The zero-order valence-electron chi connectivity index (χ0n) is 17.8. The van der Waals surface area contributed by atoms with Crippen molar-refractivity contribution in [2.75, 3.05) is 12.3 Å². The number of aromatic nitrogens is 3. The van der Waals surface area contributed by atoms with Crippen molar-refractivity contribution in [3.8, 4) is 5.75 Å². The van der Waals surface area contributed by atoms with Crippen LogP contribution >= 0.6 is 15.9 Å². The second kappa shape index (κ2) is 7.54. The van der Waals surface area contributed by atoms with Crippen molar-refractivity contribution in [1.29, 1.82) is 0 Å². The molecule has 2 aromatic carbocycles. The third-order valence-corrected chi connectivity index (χ3v) is 7.12. The van der Waals surface area contributed by atoms with Crippen molar-refractivity contribution in [3.63, 3.8) is 0 Å². The second-order valence-electron chi connectivity index (χ2n) is 8.56. The lowest BCUT2D eigenvalue weighted by molar-refractivity contribution is -0.137. The van der Waals surface area contributed by atoms with E-state index < -0.39 is 35.6 Å². The molecule has 0 bridgehead atoms. The van der Waals surface area contributed by atoms with Crippen LogP contribution < -0.4 is 10.5 Å². The molecule has 0 saturated carbocycles. The highest BCUT2D eigenvalue weighted by Crippen LogP contribution is 2.47. The summed E-state index contributed by atoms with van der Waals surface area (Å²) < 4.78 is 62.6. The molecule has 0 radical (unpaired) electrons. The Labute approximate surface area is 203 Å². The van der Waals surface area contributed by atoms with Crippen LogP contribution in [-0.4, -0.2) is 37.8 Å². The minimum Gasteiger partial charge on any atom is -0.488 e. The summed E-state index contributed by atoms with van der Waals surface area (Å²) in [6.07, 6.45) is -2.40. The number of alkyl halides is 3. The molecule has 12 heteroatoms. The fraction of sp³-hybridized carbons (Fsp3) is 0.261. The lowest BCUT2D eigenvalue weighted by Crippen LogP contribution is -2.44. The number of halogens is 5. The number of carbonyl (C=O) groups excluding carboxylic acids is 1. The van der Waals surface area contributed by atoms with E-state index in [0.717, 1.165) is 18.2 Å². The molecule has 1 fully saturated rings. The SMILES string of the molecule is Nc1nc2cc(F)c(C(=O)N3CCC[C@@H]4Oc5cc(C(F)(F)F)ccc5[C@@H]43)cc2n2cnc(Br)c12. The predicted molar refractivity (Wildman–Crippen MR) is 121 cm³/mol. The van der Waals surface area contributed by atoms with Gasteiger partial charge in [-0.15, -0.1) is 0 Å². The van der Waals surface area contributed by atoms with Gasteiger partial charge >= 0.3 is 6.18 Å². The molecular formula is C23H16BrF4N5O2. The molecule has 2 aliphatic rings. The maximum Gasteiger partial charge on any atom is 0.416 e. The van der Waals surface area contributed by atoms with Crippen LogP contribution in [0.5, 0.6) is 5.75 Å². The molecule has 0 spiro atoms. The quantitative estimate of drug-likeness (QED) is 0.333. The van der Waals surface area contributed by atoms with E-state index in [4.69, 9.17) is 10.5 Å². The molecule has 4 aromatic rings. The van der Waals surface area contributed by atoms with Crippen molar-refractivity contribution >= 4 is 44.2 Å². The molecule has 180 valence electrons. The topological polar surface area (TPSA) is 85.8 Å². The van der Waals surface area contributed by atoms with Gasteiger partial charge < -0.3 is 15.4 Å². The van der Waals surface area contributed by atoms with E-state index in [9.17, 15) is 18.0 Å². The Balaban J connectivity index is 1.44. The number of nitrogens with zero attached hydrogens (tertiary/aromatic N) is 4. The van der Waals surface area contributed by atoms with Gasteiger partial charge in [0.2, 0.25) is 0 Å². The van der Waals surface area contributed by atoms with Crippen LogP contribution in [0, 0.1) is 5.82 Å². The molecule has 35 heavy (non-hydrogen) atoms. The average Bonchev–Trinajstić information content (AvgIpc) is 3.38. The fourth-order valence-corrected chi connectivity index (χ4v) is 5.46. The first-order valence-corrected chi connectivity index (χ1v) is 11.5. The van der Waals surface area contributed by atoms with Crippen LogP contribution in [0.1, 0.15) is 40.4 Å². The van der Waals surface area contributed by atoms with E-state index in [1.54, 1.807) is 4.40 Å². The Bertz CT molecular complexity index is 1540. The van der Waals surface area contributed by atoms with Gasteiger partial charge in [-0.05, 0) is 47.0 Å². The number of amides is 1. The Kier molecular flexibility index (Phi) is 4.76. The number of nitrogen functional groups attached to an aromatic ring is 1. The minimum atomic E-state index is -4.51. The minimum absolute atomic E-state index is 0.0955. The Morgan fingerprint density at radius 3 is 2.80 bits per heavy atom. The third kappa shape index (κ3) is 3.33. The van der Waals surface area contributed by atoms with E-state index in [1.165, 1.54) is 23.4 Å². The van der Waals surface area contributed by atoms with Crippen LogP contribution in [0.25, 0.3) is 16.6 Å². The lowest BCUT2D eigenvalue weighted by atomic mass is 9.93. The van der Waals surface area contributed by atoms with Crippen molar-refractivity contribution in [1.82, 2.24) is 19.3 Å². The highest BCUT2D eigenvalue weighted by molar-refractivity contribution is 9.10. The number of likely N-dealkylation sites (tertiary alicyclic amines) is 1. The van der Waals surface area contributed by atoms with Crippen molar-refractivity contribution < 1.29 is 27.1 Å². The molecule has 2 aromatic heterocycles. The van der Waals surface area contributed by atoms with Gasteiger partial charge in [-0.2, -0.15) is 13.2 Å². The molecule has 4 heterocycles. The molecule has 7 nitrogen and oxygen atoms in total. The van der Waals surface area contributed by atoms with Gasteiger partial charge in [-0.25, -0.2) is 14.4 Å². The molecule has 1 amide bonds. The molecule has 0 aliphatic carbocycles. The first kappa shape index (κ1) is 22.1. The van der Waals surface area contributed by atoms with Crippen LogP contribution in [0.15, 0.2) is 41.3 Å². The molecule has 2 atom stereocenters. The second-order valence-corrected chi connectivity index (χ2v) is 9.32. The number of ether oxygens (including phenoxy) is 1. The van der Waals surface area contributed by atoms with Crippen molar-refractivity contribution in [2.45, 2.75) is 31.2 Å². The summed E-state index contributed by atoms with van der Waals surface area (Å²) in [6, 6.07) is 5.19. The van der Waals surface area contributed by atoms with Gasteiger partial charge in [0, 0.05) is 18.2 Å². The van der Waals surface area contributed by atoms with E-state index in [2.05, 4.69) is 25.9 Å². The lowest BCUT2D eigenvalue weighted by Gasteiger charge is -2.36. The first-order chi connectivity index (χ1) is 16.6. The molecule has 2 N–H and O–H groups in total. The molecule has 6 rings (SSSR count). The summed E-state index contributed by atoms with van der Waals surface area (Å²) in [5.41, 5.74) is 6.63. The number of nitrogens with two attached hydrogens (primary N) is 1. The summed E-state index contributed by atoms with van der Waals surface area (Å²) in [5, 5.41) is 0. The van der Waals surface area contributed by atoms with Gasteiger partial charge in [0.1, 0.15) is 34.1 Å². The predicted octanol–water partition coefficient (Wildman–Crippen LogP) is 5.12. The van der Waals surface area contributed by atoms with Crippen LogP contribution in [-0.2, 0) is 6.18 Å². The standard InChI is InChI=1S/C23H16BrF4N5O2/c24-20-19-21(29)31-14-8-13(25)12(7-15(14)33(19)9-30-20)22(34)32-5-1-2-16-18(32)11-4-3-10(23(26,27)28)6-17(11)35-16/h3-4,6-9,16,18H,1-2,5H2,(H2,29,31)/t16-,18-/m0/s1. The maximum atomic E-state index is 15.2. The van der Waals surface area contributed by atoms with Crippen molar-refractivity contribution in [2.24, 2.45) is 0 Å². The van der Waals surface area contributed by atoms with Gasteiger partial charge in [-0.3, -0.25) is 9.20 Å². The van der Waals surface area contributed by atoms with Gasteiger partial charge in [0.05, 0.1) is 28.2 Å². The van der Waals surface area contributed by atoms with E-state index >= 15 is 4.39 Å². The van der Waals surface area contributed by atoms with Gasteiger partial charge in [0.15, 0.2) is 5.82 Å². The summed E-state index contributed by atoms with van der Waals surface area (Å²) in [4.78, 5) is 23.5. The summed E-state index contributed by atoms with van der Waals surface area (Å²) >= 11 is 3.31. The number of benzene rings is 2. The number of anilines is 1. The summed E-state index contributed by atoms with van der Waals surface area (Å²) in [5.74, 6) is -1.11. The number of fused-ring (bicyclic) bond motifs is 6. The number of rotatable bonds is 1. The molecule has 0 unspecified atom stereocenters. The van der Waals surface area contributed by atoms with E-state index in [0.29, 0.717) is 40.6 Å². The fourth-order valence-electron chi connectivity index (χ4n) is 4.97. The Hall–Kier alpha value is -3.41. The average molecular weight is 550 g/mol. The number of hydrogen-bond acceptors (Lipinski definition) is 5. The largest absolute Gasteiger partial charge is 0.488 e. The molecule has 1 saturated heterocycles. The highest BCUT2D eigenvalue weighted by Gasteiger charge is 2.44. The monoisotopic (exact) mass is 549 g/mol. The van der Waals surface area contributed by atoms with Crippen LogP contribution in [0.3, 0.4) is 0 Å². The highest BCUT2D eigenvalue weighted by atomic mass is 79.9. The number of hydrogen-bond donors (Lipinski definition) is 1. The van der Waals surface area contributed by atoms with Gasteiger partial charge in [0.25, 0.3) is 5.91 Å². The van der Waals surface area contributed by atoms with E-state index in [-0.39, 0.29) is 22.6 Å². The number of imidazole rings is 1. The number of piperidine rings is 1. The van der Waals surface area contributed by atoms with E-state index in [1.807, 2.05) is 0 Å². The smallest absolute Gasteiger partial charge is 0.416 e. The number of carbonyl (C=O) groups is 1.